The van der Waals surface area contributed by atoms with Gasteiger partial charge in [-0.15, -0.1) is 0 Å². The summed E-state index contributed by atoms with van der Waals surface area (Å²) in [5.74, 6) is 0. The highest BCUT2D eigenvalue weighted by atomic mass is 79.9. The minimum absolute atomic E-state index is 0.01000. The highest BCUT2D eigenvalue weighted by Gasteiger charge is 2.30. The zero-order valence-electron chi connectivity index (χ0n) is 11.0. The summed E-state index contributed by atoms with van der Waals surface area (Å²) >= 11 is 9.06. The molecule has 0 spiro atoms. The average molecular weight is 384 g/mol. The molecule has 1 fully saturated rings. The van der Waals surface area contributed by atoms with Crippen LogP contribution in [-0.4, -0.2) is 33.2 Å². The van der Waals surface area contributed by atoms with E-state index in [0.29, 0.717) is 24.2 Å². The molecule has 2 heterocycles. The second kappa shape index (κ2) is 6.27. The van der Waals surface area contributed by atoms with Gasteiger partial charge in [-0.3, -0.25) is 0 Å². The Morgan fingerprint density at radius 1 is 1.50 bits per heavy atom. The van der Waals surface area contributed by atoms with E-state index in [4.69, 9.17) is 16.3 Å². The Morgan fingerprint density at radius 3 is 2.80 bits per heavy atom. The third kappa shape index (κ3) is 3.92. The van der Waals surface area contributed by atoms with Gasteiger partial charge in [-0.2, -0.15) is 0 Å². The molecule has 0 amide bonds. The Labute approximate surface area is 132 Å². The molecular weight excluding hydrogens is 368 g/mol. The van der Waals surface area contributed by atoms with E-state index in [2.05, 4.69) is 32.6 Å². The van der Waals surface area contributed by atoms with Crippen molar-refractivity contribution >= 4 is 37.6 Å². The molecule has 1 N–H and O–H groups in total. The molecule has 1 aromatic rings. The molecule has 5 nitrogen and oxygen atoms in total. The zero-order valence-corrected chi connectivity index (χ0v) is 14.2. The molecule has 0 atom stereocenters. The molecule has 0 bridgehead atoms. The van der Waals surface area contributed by atoms with Crippen molar-refractivity contribution in [2.24, 2.45) is 5.41 Å². The summed E-state index contributed by atoms with van der Waals surface area (Å²) in [5, 5.41) is -0.0298. The summed E-state index contributed by atoms with van der Waals surface area (Å²) in [4.78, 5) is 3.83. The van der Waals surface area contributed by atoms with Crippen LogP contribution in [0.1, 0.15) is 19.8 Å². The summed E-state index contributed by atoms with van der Waals surface area (Å²) in [6, 6.07) is 1.45. The number of nitrogens with zero attached hydrogens (tertiary/aromatic N) is 1. The minimum Gasteiger partial charge on any atom is -0.381 e. The van der Waals surface area contributed by atoms with E-state index in [9.17, 15) is 8.42 Å². The van der Waals surface area contributed by atoms with Crippen molar-refractivity contribution in [3.63, 3.8) is 0 Å². The molecule has 0 saturated carbocycles. The fourth-order valence-electron chi connectivity index (χ4n) is 1.98. The molecule has 1 saturated heterocycles. The van der Waals surface area contributed by atoms with Gasteiger partial charge in [0.25, 0.3) is 0 Å². The van der Waals surface area contributed by atoms with Crippen molar-refractivity contribution in [2.75, 3.05) is 19.8 Å². The molecule has 112 valence electrons. The van der Waals surface area contributed by atoms with Gasteiger partial charge in [0.2, 0.25) is 10.0 Å². The summed E-state index contributed by atoms with van der Waals surface area (Å²) in [6.07, 6.45) is 3.13. The maximum absolute atomic E-state index is 12.3. The Hall–Kier alpha value is -0.210. The molecule has 0 radical (unpaired) electrons. The topological polar surface area (TPSA) is 68.3 Å². The lowest BCUT2D eigenvalue weighted by atomic mass is 9.83. The lowest BCUT2D eigenvalue weighted by Gasteiger charge is -2.33. The molecule has 20 heavy (non-hydrogen) atoms. The molecular formula is C12H16BrClN2O3S. The van der Waals surface area contributed by atoms with Crippen LogP contribution in [0.25, 0.3) is 0 Å². The first-order valence-electron chi connectivity index (χ1n) is 6.21. The highest BCUT2D eigenvalue weighted by molar-refractivity contribution is 9.10. The van der Waals surface area contributed by atoms with E-state index >= 15 is 0 Å². The van der Waals surface area contributed by atoms with Crippen LogP contribution in [0.5, 0.6) is 0 Å². The molecule has 0 unspecified atom stereocenters. The standard InChI is InChI=1S/C12H16BrClN2O3S/c1-12(2-4-19-5-3-12)8-16-20(17,18)10-6-9(13)7-15-11(10)14/h6-7,16H,2-5,8H2,1H3. The van der Waals surface area contributed by atoms with Gasteiger partial charge >= 0.3 is 0 Å². The Kier molecular flexibility index (Phi) is 5.07. The lowest BCUT2D eigenvalue weighted by Crippen LogP contribution is -2.39. The largest absolute Gasteiger partial charge is 0.381 e. The molecule has 0 aromatic carbocycles. The van der Waals surface area contributed by atoms with Gasteiger partial charge in [-0.05, 0) is 40.3 Å². The van der Waals surface area contributed by atoms with Crippen LogP contribution in [0.4, 0.5) is 0 Å². The van der Waals surface area contributed by atoms with Crippen molar-refractivity contribution in [2.45, 2.75) is 24.7 Å². The smallest absolute Gasteiger partial charge is 0.243 e. The zero-order chi connectivity index (χ0) is 14.8. The van der Waals surface area contributed by atoms with E-state index in [1.165, 1.54) is 12.3 Å². The Morgan fingerprint density at radius 2 is 2.15 bits per heavy atom. The maximum atomic E-state index is 12.3. The van der Waals surface area contributed by atoms with Crippen LogP contribution in [-0.2, 0) is 14.8 Å². The number of ether oxygens (including phenoxy) is 1. The van der Waals surface area contributed by atoms with E-state index in [1.807, 2.05) is 0 Å². The van der Waals surface area contributed by atoms with Gasteiger partial charge < -0.3 is 4.74 Å². The first-order chi connectivity index (χ1) is 9.32. The second-order valence-electron chi connectivity index (χ2n) is 5.19. The van der Waals surface area contributed by atoms with E-state index < -0.39 is 10.0 Å². The van der Waals surface area contributed by atoms with Gasteiger partial charge in [0, 0.05) is 30.4 Å². The predicted molar refractivity (Wildman–Crippen MR) is 80.3 cm³/mol. The monoisotopic (exact) mass is 382 g/mol. The summed E-state index contributed by atoms with van der Waals surface area (Å²) in [6.45, 7) is 3.75. The van der Waals surface area contributed by atoms with Gasteiger partial charge in [0.1, 0.15) is 10.0 Å². The van der Waals surface area contributed by atoms with Crippen LogP contribution < -0.4 is 4.72 Å². The maximum Gasteiger partial charge on any atom is 0.243 e. The SMILES string of the molecule is CC1(CNS(=O)(=O)c2cc(Br)cnc2Cl)CCOCC1. The average Bonchev–Trinajstić information content (AvgIpc) is 2.40. The number of halogens is 2. The first-order valence-corrected chi connectivity index (χ1v) is 8.86. The van der Waals surface area contributed by atoms with Gasteiger partial charge in [0.05, 0.1) is 0 Å². The van der Waals surface area contributed by atoms with Crippen LogP contribution in [0, 0.1) is 5.41 Å². The summed E-state index contributed by atoms with van der Waals surface area (Å²) in [7, 11) is -3.67. The Balaban J connectivity index is 2.13. The van der Waals surface area contributed by atoms with Gasteiger partial charge in [-0.1, -0.05) is 18.5 Å². The van der Waals surface area contributed by atoms with Crippen LogP contribution >= 0.6 is 27.5 Å². The Bertz CT molecular complexity index is 588. The van der Waals surface area contributed by atoms with Crippen molar-refractivity contribution < 1.29 is 13.2 Å². The number of pyridine rings is 1. The van der Waals surface area contributed by atoms with E-state index in [0.717, 1.165) is 12.8 Å². The van der Waals surface area contributed by atoms with Gasteiger partial charge in [-0.25, -0.2) is 18.1 Å². The van der Waals surface area contributed by atoms with Crippen molar-refractivity contribution in [3.8, 4) is 0 Å². The third-order valence-electron chi connectivity index (χ3n) is 3.45. The van der Waals surface area contributed by atoms with Gasteiger partial charge in [0.15, 0.2) is 0 Å². The van der Waals surface area contributed by atoms with E-state index in [-0.39, 0.29) is 15.5 Å². The fourth-order valence-corrected chi connectivity index (χ4v) is 4.12. The fraction of sp³-hybridized carbons (Fsp3) is 0.583. The van der Waals surface area contributed by atoms with Crippen molar-refractivity contribution in [3.05, 3.63) is 21.9 Å². The first kappa shape index (κ1) is 16.2. The number of aromatic nitrogens is 1. The van der Waals surface area contributed by atoms with Crippen LogP contribution in [0.2, 0.25) is 5.15 Å². The molecule has 0 aliphatic carbocycles. The normalized spacial score (nSPS) is 18.9. The minimum atomic E-state index is -3.67. The number of nitrogens with one attached hydrogen (secondary N) is 1. The molecule has 1 aliphatic heterocycles. The number of sulfonamides is 1. The highest BCUT2D eigenvalue weighted by Crippen LogP contribution is 2.30. The third-order valence-corrected chi connectivity index (χ3v) is 5.71. The molecule has 1 aromatic heterocycles. The molecule has 1 aliphatic rings. The van der Waals surface area contributed by atoms with Crippen molar-refractivity contribution in [1.29, 1.82) is 0 Å². The predicted octanol–water partition coefficient (Wildman–Crippen LogP) is 2.59. The number of rotatable bonds is 4. The molecule has 8 heteroatoms. The summed E-state index contributed by atoms with van der Waals surface area (Å²) < 4.78 is 33.1. The van der Waals surface area contributed by atoms with Crippen molar-refractivity contribution in [1.82, 2.24) is 9.71 Å². The quantitative estimate of drug-likeness (QED) is 0.812. The van der Waals surface area contributed by atoms with Crippen LogP contribution in [0.3, 0.4) is 0 Å². The lowest BCUT2D eigenvalue weighted by molar-refractivity contribution is 0.0264. The number of hydrogen-bond donors (Lipinski definition) is 1. The van der Waals surface area contributed by atoms with Crippen LogP contribution in [0.15, 0.2) is 21.6 Å². The van der Waals surface area contributed by atoms with E-state index in [1.54, 1.807) is 0 Å². The summed E-state index contributed by atoms with van der Waals surface area (Å²) in [5.41, 5.74) is -0.0861. The number of hydrogen-bond acceptors (Lipinski definition) is 4. The molecule has 2 rings (SSSR count). The second-order valence-corrected chi connectivity index (χ2v) is 8.20.